The number of para-hydroxylation sites is 2. The monoisotopic (exact) mass is 922 g/mol. The Morgan fingerprint density at radius 2 is 0.819 bits per heavy atom. The van der Waals surface area contributed by atoms with Gasteiger partial charge in [-0.2, -0.15) is 0 Å². The van der Waals surface area contributed by atoms with Crippen molar-refractivity contribution in [3.8, 4) is 22.3 Å². The highest BCUT2D eigenvalue weighted by molar-refractivity contribution is 6.00. The second-order valence-corrected chi connectivity index (χ2v) is 19.4. The zero-order valence-corrected chi connectivity index (χ0v) is 40.2. The standard InChI is InChI=1S/C68H50N4/c1-69-63-39-37-60-59(67(63)61-35-33-57(43-65(61)69)71(53-17-5-3-6-18-53)55-29-25-47(26-30-55)51-23-21-45-13-9-11-15-49(45)41-51)38-40-64-68(60)62-36-34-58(44-66(62)70(64)2)72(54-19-7-4-8-20-54)56-31-27-48(28-32-56)52-24-22-46-14-10-12-16-50(46)42-52/h3-37,39-44,59H,38H2,1-2H3. The Morgan fingerprint density at radius 3 is 1.36 bits per heavy atom. The third kappa shape index (κ3) is 6.82. The van der Waals surface area contributed by atoms with Gasteiger partial charge in [-0.1, -0.05) is 158 Å². The van der Waals surface area contributed by atoms with Crippen molar-refractivity contribution >= 4 is 95.2 Å². The molecule has 2 heterocycles. The maximum absolute atomic E-state index is 2.48. The fraction of sp³-hybridized carbons (Fsp3) is 0.0588. The summed E-state index contributed by atoms with van der Waals surface area (Å²) in [5.41, 5.74) is 18.2. The van der Waals surface area contributed by atoms with Gasteiger partial charge in [0.2, 0.25) is 0 Å². The molecule has 1 unspecified atom stereocenters. The van der Waals surface area contributed by atoms with Gasteiger partial charge in [-0.15, -0.1) is 0 Å². The number of aryl methyl sites for hydroxylation is 2. The third-order valence-electron chi connectivity index (χ3n) is 15.4. The van der Waals surface area contributed by atoms with Gasteiger partial charge in [0, 0.05) is 81.2 Å². The van der Waals surface area contributed by atoms with Gasteiger partial charge < -0.3 is 18.9 Å². The van der Waals surface area contributed by atoms with Crippen LogP contribution < -0.4 is 20.4 Å². The quantitative estimate of drug-likeness (QED) is 0.151. The van der Waals surface area contributed by atoms with E-state index < -0.39 is 0 Å². The van der Waals surface area contributed by atoms with Gasteiger partial charge in [-0.3, -0.25) is 0 Å². The van der Waals surface area contributed by atoms with E-state index in [9.17, 15) is 0 Å². The van der Waals surface area contributed by atoms with E-state index in [0.29, 0.717) is 0 Å². The van der Waals surface area contributed by atoms with Gasteiger partial charge in [-0.05, 0) is 152 Å². The van der Waals surface area contributed by atoms with Gasteiger partial charge in [0.1, 0.15) is 0 Å². The van der Waals surface area contributed by atoms with Crippen LogP contribution in [-0.4, -0.2) is 9.13 Å². The van der Waals surface area contributed by atoms with E-state index in [1.54, 1.807) is 0 Å². The molecule has 0 bridgehead atoms. The lowest BCUT2D eigenvalue weighted by atomic mass is 9.79. The summed E-state index contributed by atoms with van der Waals surface area (Å²) < 4.78 is 4.82. The highest BCUT2D eigenvalue weighted by atomic mass is 15.1. The molecule has 0 fully saturated rings. The minimum Gasteiger partial charge on any atom is -0.344 e. The zero-order valence-electron chi connectivity index (χ0n) is 40.2. The van der Waals surface area contributed by atoms with E-state index in [2.05, 4.69) is 282 Å². The first kappa shape index (κ1) is 41.8. The molecule has 4 heteroatoms. The molecule has 2 aliphatic rings. The average molecular weight is 923 g/mol. The van der Waals surface area contributed by atoms with Crippen molar-refractivity contribution in [2.24, 2.45) is 14.1 Å². The summed E-state index contributed by atoms with van der Waals surface area (Å²) >= 11 is 0. The van der Waals surface area contributed by atoms with Crippen LogP contribution in [0.1, 0.15) is 23.6 Å². The van der Waals surface area contributed by atoms with Gasteiger partial charge in [-0.25, -0.2) is 0 Å². The number of nitrogens with zero attached hydrogens (tertiary/aromatic N) is 4. The van der Waals surface area contributed by atoms with Crippen LogP contribution in [0.3, 0.4) is 0 Å². The van der Waals surface area contributed by atoms with Crippen molar-refractivity contribution in [2.75, 3.05) is 9.80 Å². The van der Waals surface area contributed by atoms with E-state index in [1.807, 2.05) is 0 Å². The van der Waals surface area contributed by atoms with E-state index >= 15 is 0 Å². The van der Waals surface area contributed by atoms with E-state index in [4.69, 9.17) is 0 Å². The Labute approximate surface area is 419 Å². The van der Waals surface area contributed by atoms with Crippen LogP contribution >= 0.6 is 0 Å². The molecule has 0 spiro atoms. The summed E-state index contributed by atoms with van der Waals surface area (Å²) in [7, 11) is 4.47. The van der Waals surface area contributed by atoms with Crippen molar-refractivity contribution in [3.05, 3.63) is 258 Å². The first-order valence-electron chi connectivity index (χ1n) is 25.0. The minimum absolute atomic E-state index is 0.243. The van der Waals surface area contributed by atoms with Crippen LogP contribution in [0.15, 0.2) is 237 Å². The highest BCUT2D eigenvalue weighted by Gasteiger charge is 2.31. The Balaban J connectivity index is 0.826. The molecule has 12 aromatic rings. The predicted molar refractivity (Wildman–Crippen MR) is 305 cm³/mol. The molecule has 0 saturated heterocycles. The summed E-state index contributed by atoms with van der Waals surface area (Å²) in [4.78, 5) is 4.76. The molecule has 0 N–H and O–H groups in total. The molecule has 72 heavy (non-hydrogen) atoms. The molecule has 4 nitrogen and oxygen atoms in total. The molecule has 0 aliphatic heterocycles. The molecule has 14 rings (SSSR count). The number of hydrogen-bond acceptors (Lipinski definition) is 2. The van der Waals surface area contributed by atoms with E-state index in [0.717, 1.165) is 40.5 Å². The second-order valence-electron chi connectivity index (χ2n) is 19.4. The molecule has 2 aromatic heterocycles. The number of aromatic nitrogens is 2. The van der Waals surface area contributed by atoms with Crippen molar-refractivity contribution in [3.63, 3.8) is 0 Å². The zero-order chi connectivity index (χ0) is 47.9. The minimum atomic E-state index is 0.243. The largest absolute Gasteiger partial charge is 0.344 e. The molecule has 0 radical (unpaired) electrons. The second kappa shape index (κ2) is 16.8. The maximum Gasteiger partial charge on any atom is 0.0509 e. The van der Waals surface area contributed by atoms with Crippen molar-refractivity contribution in [2.45, 2.75) is 12.3 Å². The number of benzene rings is 10. The fourth-order valence-corrected chi connectivity index (χ4v) is 11.9. The lowest BCUT2D eigenvalue weighted by molar-refractivity contribution is 0.844. The van der Waals surface area contributed by atoms with E-state index in [-0.39, 0.29) is 5.92 Å². The first-order chi connectivity index (χ1) is 35.5. The van der Waals surface area contributed by atoms with Crippen molar-refractivity contribution < 1.29 is 0 Å². The molecule has 0 amide bonds. The SMILES string of the molecule is Cn1c2c(c3ccc(N(c4ccccc4)c4ccc(-c5ccc6ccccc6c5)cc4)cc31)C1CC=c3c(c4ccc(N(c5ccccc5)c5ccc(-c6ccc7ccccc7c6)cc5)cc4n3C)=C1C=C2. The summed E-state index contributed by atoms with van der Waals surface area (Å²) in [6, 6.07) is 84.3. The molecule has 1 atom stereocenters. The molecule has 10 aromatic carbocycles. The van der Waals surface area contributed by atoms with Crippen molar-refractivity contribution in [1.29, 1.82) is 0 Å². The Bertz CT molecular complexity index is 4250. The van der Waals surface area contributed by atoms with Crippen LogP contribution in [0.2, 0.25) is 0 Å². The number of allylic oxidation sites excluding steroid dienone is 1. The molecule has 0 saturated carbocycles. The normalized spacial score (nSPS) is 13.8. The lowest BCUT2D eigenvalue weighted by Crippen LogP contribution is -2.34. The summed E-state index contributed by atoms with van der Waals surface area (Å²) in [6.45, 7) is 0. The van der Waals surface area contributed by atoms with Crippen LogP contribution in [-0.2, 0) is 14.1 Å². The molecule has 342 valence electrons. The third-order valence-corrected chi connectivity index (χ3v) is 15.4. The van der Waals surface area contributed by atoms with Gasteiger partial charge >= 0.3 is 0 Å². The number of rotatable bonds is 8. The van der Waals surface area contributed by atoms with Gasteiger partial charge in [0.15, 0.2) is 0 Å². The Kier molecular flexibility index (Phi) is 9.75. The van der Waals surface area contributed by atoms with Crippen LogP contribution in [0.4, 0.5) is 34.1 Å². The van der Waals surface area contributed by atoms with E-state index in [1.165, 1.54) is 93.0 Å². The topological polar surface area (TPSA) is 16.3 Å². The number of hydrogen-bond donors (Lipinski definition) is 0. The number of fused-ring (bicyclic) bond motifs is 10. The fourth-order valence-electron chi connectivity index (χ4n) is 11.9. The predicted octanol–water partition coefficient (Wildman–Crippen LogP) is 16.4. The average Bonchev–Trinajstić information content (AvgIpc) is 3.90. The lowest BCUT2D eigenvalue weighted by Gasteiger charge is -2.26. The maximum atomic E-state index is 2.48. The number of anilines is 6. The Morgan fingerprint density at radius 1 is 0.375 bits per heavy atom. The van der Waals surface area contributed by atoms with Crippen LogP contribution in [0.5, 0.6) is 0 Å². The smallest absolute Gasteiger partial charge is 0.0509 e. The van der Waals surface area contributed by atoms with Crippen LogP contribution in [0, 0.1) is 0 Å². The molecular weight excluding hydrogens is 873 g/mol. The summed E-state index contributed by atoms with van der Waals surface area (Å²) in [6.07, 6.45) is 8.20. The summed E-state index contributed by atoms with van der Waals surface area (Å²) in [5.74, 6) is 0.243. The Hall–Kier alpha value is -9.12. The first-order valence-corrected chi connectivity index (χ1v) is 25.0. The molecule has 2 aliphatic carbocycles. The highest BCUT2D eigenvalue weighted by Crippen LogP contribution is 2.46. The summed E-state index contributed by atoms with van der Waals surface area (Å²) in [5, 5.41) is 10.3. The molecular formula is C68H50N4. The van der Waals surface area contributed by atoms with Crippen LogP contribution in [0.25, 0.3) is 83.3 Å². The van der Waals surface area contributed by atoms with Gasteiger partial charge in [0.05, 0.1) is 11.0 Å². The van der Waals surface area contributed by atoms with Crippen molar-refractivity contribution in [1.82, 2.24) is 9.13 Å². The van der Waals surface area contributed by atoms with Gasteiger partial charge in [0.25, 0.3) is 0 Å².